The maximum Gasteiger partial charge on any atom is 0.133 e. The van der Waals surface area contributed by atoms with Crippen LogP contribution in [0.3, 0.4) is 0 Å². The van der Waals surface area contributed by atoms with Crippen LogP contribution in [-0.2, 0) is 17.6 Å². The molecule has 1 heterocycles. The van der Waals surface area contributed by atoms with Crippen molar-refractivity contribution in [3.8, 4) is 0 Å². The third-order valence-electron chi connectivity index (χ3n) is 3.42. The highest BCUT2D eigenvalue weighted by Gasteiger charge is 2.28. The van der Waals surface area contributed by atoms with Gasteiger partial charge in [0.15, 0.2) is 0 Å². The normalized spacial score (nSPS) is 15.3. The maximum absolute atomic E-state index is 10.5. The minimum atomic E-state index is 0.552. The lowest BCUT2D eigenvalue weighted by atomic mass is 10.1. The molecule has 1 fully saturated rings. The van der Waals surface area contributed by atoms with E-state index in [1.165, 1.54) is 25.7 Å². The Morgan fingerprint density at radius 1 is 1.28 bits per heavy atom. The molecule has 1 aliphatic rings. The van der Waals surface area contributed by atoms with Crippen molar-refractivity contribution in [1.82, 2.24) is 14.8 Å². The molecule has 1 aliphatic carbocycles. The van der Waals surface area contributed by atoms with E-state index in [1.54, 1.807) is 0 Å². The van der Waals surface area contributed by atoms with Crippen LogP contribution in [0, 0.1) is 5.92 Å². The number of aryl methyl sites for hydroxylation is 2. The lowest BCUT2D eigenvalue weighted by Gasteiger charge is -2.09. The van der Waals surface area contributed by atoms with E-state index in [0.29, 0.717) is 12.5 Å². The molecule has 0 unspecified atom stereocenters. The van der Waals surface area contributed by atoms with Crippen molar-refractivity contribution in [2.24, 2.45) is 5.92 Å². The molecule has 4 heteroatoms. The molecule has 2 rings (SSSR count). The highest BCUT2D eigenvalue weighted by Crippen LogP contribution is 2.37. The van der Waals surface area contributed by atoms with Gasteiger partial charge in [0, 0.05) is 25.3 Å². The zero-order valence-electron chi connectivity index (χ0n) is 11.4. The second-order valence-corrected chi connectivity index (χ2v) is 5.63. The zero-order chi connectivity index (χ0) is 13.0. The summed E-state index contributed by atoms with van der Waals surface area (Å²) in [5, 5.41) is 8.59. The molecule has 0 saturated heterocycles. The van der Waals surface area contributed by atoms with Crippen LogP contribution < -0.4 is 0 Å². The number of aromatic nitrogens is 3. The van der Waals surface area contributed by atoms with Crippen molar-refractivity contribution < 1.29 is 4.79 Å². The third-order valence-corrected chi connectivity index (χ3v) is 3.42. The molecule has 0 bridgehead atoms. The summed E-state index contributed by atoms with van der Waals surface area (Å²) >= 11 is 0. The number of nitrogens with zero attached hydrogens (tertiary/aromatic N) is 3. The Kier molecular flexibility index (Phi) is 4.50. The molecule has 0 aliphatic heterocycles. The lowest BCUT2D eigenvalue weighted by Crippen LogP contribution is -2.07. The number of hydrogen-bond donors (Lipinski definition) is 0. The molecule has 1 aromatic rings. The third kappa shape index (κ3) is 3.40. The summed E-state index contributed by atoms with van der Waals surface area (Å²) < 4.78 is 2.30. The first-order chi connectivity index (χ1) is 8.72. The van der Waals surface area contributed by atoms with Gasteiger partial charge in [0.25, 0.3) is 0 Å². The second-order valence-electron chi connectivity index (χ2n) is 5.63. The molecule has 0 aromatic carbocycles. The fraction of sp³-hybridized carbons (Fsp3) is 0.786. The van der Waals surface area contributed by atoms with Gasteiger partial charge in [-0.15, -0.1) is 10.2 Å². The van der Waals surface area contributed by atoms with E-state index in [9.17, 15) is 4.79 Å². The van der Waals surface area contributed by atoms with Crippen LogP contribution in [0.15, 0.2) is 0 Å². The van der Waals surface area contributed by atoms with Gasteiger partial charge in [-0.25, -0.2) is 0 Å². The molecule has 0 spiro atoms. The van der Waals surface area contributed by atoms with Crippen LogP contribution in [0.1, 0.15) is 63.6 Å². The number of aldehydes is 1. The van der Waals surface area contributed by atoms with Crippen LogP contribution >= 0.6 is 0 Å². The summed E-state index contributed by atoms with van der Waals surface area (Å²) in [6.07, 6.45) is 8.16. The molecule has 0 atom stereocenters. The summed E-state index contributed by atoms with van der Waals surface area (Å²) in [4.78, 5) is 10.5. The topological polar surface area (TPSA) is 47.8 Å². The standard InChI is InChI=1S/C14H23N3O/c1-11(2)5-3-6-13-15-16-14(7-4-10-18)17(13)12-8-9-12/h10-12H,3-9H2,1-2H3. The summed E-state index contributed by atoms with van der Waals surface area (Å²) in [5.41, 5.74) is 0. The Morgan fingerprint density at radius 3 is 2.50 bits per heavy atom. The van der Waals surface area contributed by atoms with Gasteiger partial charge < -0.3 is 9.36 Å². The molecular formula is C14H23N3O. The Bertz CT molecular complexity index is 394. The minimum Gasteiger partial charge on any atom is -0.312 e. The second kappa shape index (κ2) is 6.12. The van der Waals surface area contributed by atoms with E-state index in [0.717, 1.165) is 36.7 Å². The molecular weight excluding hydrogens is 226 g/mol. The average Bonchev–Trinajstić information content (AvgIpc) is 3.09. The highest BCUT2D eigenvalue weighted by molar-refractivity contribution is 5.49. The Balaban J connectivity index is 2.00. The van der Waals surface area contributed by atoms with Gasteiger partial charge in [0.05, 0.1) is 0 Å². The monoisotopic (exact) mass is 249 g/mol. The minimum absolute atomic E-state index is 0.552. The number of hydrogen-bond acceptors (Lipinski definition) is 3. The van der Waals surface area contributed by atoms with Crippen LogP contribution in [0.5, 0.6) is 0 Å². The van der Waals surface area contributed by atoms with Crippen molar-refractivity contribution in [3.63, 3.8) is 0 Å². The van der Waals surface area contributed by atoms with Gasteiger partial charge in [-0.05, 0) is 25.2 Å². The Hall–Kier alpha value is -1.19. The van der Waals surface area contributed by atoms with Crippen molar-refractivity contribution in [1.29, 1.82) is 0 Å². The highest BCUT2D eigenvalue weighted by atomic mass is 16.1. The largest absolute Gasteiger partial charge is 0.312 e. The Morgan fingerprint density at radius 2 is 1.94 bits per heavy atom. The Labute approximate surface area is 109 Å². The van der Waals surface area contributed by atoms with Gasteiger partial charge in [-0.1, -0.05) is 20.3 Å². The van der Waals surface area contributed by atoms with Crippen molar-refractivity contribution in [3.05, 3.63) is 11.6 Å². The van der Waals surface area contributed by atoms with Gasteiger partial charge in [-0.3, -0.25) is 0 Å². The van der Waals surface area contributed by atoms with Crippen molar-refractivity contribution >= 4 is 6.29 Å². The zero-order valence-corrected chi connectivity index (χ0v) is 11.4. The number of carbonyl (C=O) groups excluding carboxylic acids is 1. The predicted molar refractivity (Wildman–Crippen MR) is 70.5 cm³/mol. The van der Waals surface area contributed by atoms with E-state index in [1.807, 2.05) is 0 Å². The van der Waals surface area contributed by atoms with Crippen LogP contribution in [0.25, 0.3) is 0 Å². The van der Waals surface area contributed by atoms with E-state index in [2.05, 4.69) is 28.6 Å². The van der Waals surface area contributed by atoms with Crippen LogP contribution in [0.4, 0.5) is 0 Å². The molecule has 1 aromatic heterocycles. The molecule has 1 saturated carbocycles. The smallest absolute Gasteiger partial charge is 0.133 e. The average molecular weight is 249 g/mol. The summed E-state index contributed by atoms with van der Waals surface area (Å²) in [6.45, 7) is 4.50. The summed E-state index contributed by atoms with van der Waals surface area (Å²) in [5.74, 6) is 2.88. The predicted octanol–water partition coefficient (Wildman–Crippen LogP) is 2.72. The first-order valence-corrected chi connectivity index (χ1v) is 7.08. The molecule has 4 nitrogen and oxygen atoms in total. The van der Waals surface area contributed by atoms with Gasteiger partial charge >= 0.3 is 0 Å². The molecule has 100 valence electrons. The van der Waals surface area contributed by atoms with Crippen LogP contribution in [0.2, 0.25) is 0 Å². The lowest BCUT2D eigenvalue weighted by molar-refractivity contribution is -0.107. The molecule has 18 heavy (non-hydrogen) atoms. The van der Waals surface area contributed by atoms with E-state index < -0.39 is 0 Å². The van der Waals surface area contributed by atoms with Gasteiger partial charge in [-0.2, -0.15) is 0 Å². The van der Waals surface area contributed by atoms with Crippen LogP contribution in [-0.4, -0.2) is 21.1 Å². The van der Waals surface area contributed by atoms with E-state index in [-0.39, 0.29) is 0 Å². The molecule has 0 radical (unpaired) electrons. The number of carbonyl (C=O) groups is 1. The molecule has 0 N–H and O–H groups in total. The summed E-state index contributed by atoms with van der Waals surface area (Å²) in [6, 6.07) is 0.607. The summed E-state index contributed by atoms with van der Waals surface area (Å²) in [7, 11) is 0. The molecule has 0 amide bonds. The van der Waals surface area contributed by atoms with E-state index in [4.69, 9.17) is 0 Å². The van der Waals surface area contributed by atoms with Gasteiger partial charge in [0.2, 0.25) is 0 Å². The fourth-order valence-electron chi connectivity index (χ4n) is 2.31. The fourth-order valence-corrected chi connectivity index (χ4v) is 2.31. The SMILES string of the molecule is CC(C)CCCc1nnc(CCC=O)n1C1CC1. The quantitative estimate of drug-likeness (QED) is 0.665. The van der Waals surface area contributed by atoms with E-state index >= 15 is 0 Å². The van der Waals surface area contributed by atoms with Gasteiger partial charge in [0.1, 0.15) is 17.9 Å². The number of rotatable bonds is 8. The maximum atomic E-state index is 10.5. The van der Waals surface area contributed by atoms with Crippen molar-refractivity contribution in [2.45, 2.75) is 64.8 Å². The first kappa shape index (κ1) is 13.2. The van der Waals surface area contributed by atoms with Crippen molar-refractivity contribution in [2.75, 3.05) is 0 Å². The first-order valence-electron chi connectivity index (χ1n) is 7.08.